The van der Waals surface area contributed by atoms with E-state index < -0.39 is 6.04 Å². The fourth-order valence-corrected chi connectivity index (χ4v) is 1.69. The Morgan fingerprint density at radius 3 is 2.47 bits per heavy atom. The molecule has 88 valence electrons. The molecule has 0 aromatic carbocycles. The minimum absolute atomic E-state index is 0.0756. The first-order valence-electron chi connectivity index (χ1n) is 5.59. The molecule has 0 spiro atoms. The molecule has 1 fully saturated rings. The highest BCUT2D eigenvalue weighted by Gasteiger charge is 2.37. The summed E-state index contributed by atoms with van der Waals surface area (Å²) >= 11 is 0. The fraction of sp³-hybridized carbons (Fsp3) is 0.909. The molecule has 1 amide bonds. The lowest BCUT2D eigenvalue weighted by Crippen LogP contribution is -2.53. The molecule has 1 aliphatic rings. The van der Waals surface area contributed by atoms with Crippen molar-refractivity contribution in [3.63, 3.8) is 0 Å². The summed E-state index contributed by atoms with van der Waals surface area (Å²) in [6, 6.07) is -0.418. The summed E-state index contributed by atoms with van der Waals surface area (Å²) in [6.07, 6.45) is 3.24. The number of carbonyl (C=O) groups is 1. The Balaban J connectivity index is 2.33. The Bertz CT molecular complexity index is 219. The summed E-state index contributed by atoms with van der Waals surface area (Å²) in [7, 11) is 1.70. The van der Waals surface area contributed by atoms with Crippen LogP contribution in [0.25, 0.3) is 0 Å². The third-order valence-electron chi connectivity index (χ3n) is 3.30. The molecule has 15 heavy (non-hydrogen) atoms. The molecular weight excluding hydrogens is 192 g/mol. The van der Waals surface area contributed by atoms with Crippen molar-refractivity contribution in [1.29, 1.82) is 0 Å². The van der Waals surface area contributed by atoms with E-state index in [1.54, 1.807) is 7.11 Å². The lowest BCUT2D eigenvalue weighted by molar-refractivity contribution is -0.126. The number of hydrogen-bond donors (Lipinski definition) is 2. The monoisotopic (exact) mass is 214 g/mol. The van der Waals surface area contributed by atoms with E-state index in [0.717, 1.165) is 12.8 Å². The van der Waals surface area contributed by atoms with Gasteiger partial charge in [-0.1, -0.05) is 13.8 Å². The molecule has 1 rings (SSSR count). The topological polar surface area (TPSA) is 64.3 Å². The van der Waals surface area contributed by atoms with E-state index in [2.05, 4.69) is 5.32 Å². The van der Waals surface area contributed by atoms with Crippen LogP contribution < -0.4 is 11.1 Å². The van der Waals surface area contributed by atoms with E-state index in [0.29, 0.717) is 6.54 Å². The van der Waals surface area contributed by atoms with E-state index in [4.69, 9.17) is 10.5 Å². The maximum Gasteiger partial charge on any atom is 0.237 e. The number of methoxy groups -OCH3 is 1. The van der Waals surface area contributed by atoms with Crippen LogP contribution in [0.2, 0.25) is 0 Å². The van der Waals surface area contributed by atoms with Gasteiger partial charge in [0.05, 0.1) is 11.6 Å². The number of amides is 1. The standard InChI is InChI=1S/C11H22N2O2/c1-8(2)9(12)10(14)13-7-11(15-3)5-4-6-11/h8-9H,4-7,12H2,1-3H3,(H,13,14). The molecule has 1 atom stereocenters. The number of nitrogens with two attached hydrogens (primary N) is 1. The van der Waals surface area contributed by atoms with Crippen molar-refractivity contribution in [1.82, 2.24) is 5.32 Å². The van der Waals surface area contributed by atoms with E-state index in [-0.39, 0.29) is 17.4 Å². The molecule has 0 aromatic rings. The van der Waals surface area contributed by atoms with Gasteiger partial charge in [0, 0.05) is 13.7 Å². The highest BCUT2D eigenvalue weighted by atomic mass is 16.5. The summed E-state index contributed by atoms with van der Waals surface area (Å²) in [6.45, 7) is 4.47. The van der Waals surface area contributed by atoms with Crippen molar-refractivity contribution in [2.45, 2.75) is 44.8 Å². The molecule has 0 aliphatic heterocycles. The van der Waals surface area contributed by atoms with Crippen molar-refractivity contribution in [2.24, 2.45) is 11.7 Å². The van der Waals surface area contributed by atoms with E-state index in [1.165, 1.54) is 6.42 Å². The van der Waals surface area contributed by atoms with Gasteiger partial charge in [-0.05, 0) is 25.2 Å². The third-order valence-corrected chi connectivity index (χ3v) is 3.30. The van der Waals surface area contributed by atoms with Gasteiger partial charge in [-0.15, -0.1) is 0 Å². The van der Waals surface area contributed by atoms with Gasteiger partial charge in [-0.2, -0.15) is 0 Å². The highest BCUT2D eigenvalue weighted by molar-refractivity contribution is 5.81. The molecule has 3 N–H and O–H groups in total. The zero-order valence-electron chi connectivity index (χ0n) is 9.88. The zero-order chi connectivity index (χ0) is 11.5. The van der Waals surface area contributed by atoms with Crippen LogP contribution in [-0.2, 0) is 9.53 Å². The van der Waals surface area contributed by atoms with Crippen LogP contribution in [0.15, 0.2) is 0 Å². The maximum absolute atomic E-state index is 11.6. The smallest absolute Gasteiger partial charge is 0.237 e. The number of carbonyl (C=O) groups excluding carboxylic acids is 1. The molecule has 4 nitrogen and oxygen atoms in total. The lowest BCUT2D eigenvalue weighted by Gasteiger charge is -2.40. The summed E-state index contributed by atoms with van der Waals surface area (Å²) in [4.78, 5) is 11.6. The van der Waals surface area contributed by atoms with Crippen LogP contribution in [0.3, 0.4) is 0 Å². The van der Waals surface area contributed by atoms with Gasteiger partial charge in [-0.25, -0.2) is 0 Å². The first kappa shape index (κ1) is 12.5. The van der Waals surface area contributed by atoms with E-state index in [1.807, 2.05) is 13.8 Å². The predicted molar refractivity (Wildman–Crippen MR) is 59.4 cm³/mol. The Kier molecular flexibility index (Phi) is 4.11. The molecule has 0 heterocycles. The van der Waals surface area contributed by atoms with Gasteiger partial charge in [0.2, 0.25) is 5.91 Å². The predicted octanol–water partition coefficient (Wildman–Crippen LogP) is 0.655. The average Bonchev–Trinajstić information content (AvgIpc) is 2.15. The molecule has 0 radical (unpaired) electrons. The second-order valence-electron chi connectivity index (χ2n) is 4.73. The van der Waals surface area contributed by atoms with Crippen LogP contribution >= 0.6 is 0 Å². The zero-order valence-corrected chi connectivity index (χ0v) is 9.88. The first-order chi connectivity index (χ1) is 7.01. The van der Waals surface area contributed by atoms with Gasteiger partial charge in [0.15, 0.2) is 0 Å². The van der Waals surface area contributed by atoms with Gasteiger partial charge >= 0.3 is 0 Å². The van der Waals surface area contributed by atoms with Gasteiger partial charge in [0.25, 0.3) is 0 Å². The quantitative estimate of drug-likeness (QED) is 0.706. The Hall–Kier alpha value is -0.610. The van der Waals surface area contributed by atoms with Gasteiger partial charge in [-0.3, -0.25) is 4.79 Å². The van der Waals surface area contributed by atoms with Crippen molar-refractivity contribution in [2.75, 3.05) is 13.7 Å². The summed E-state index contributed by atoms with van der Waals surface area (Å²) in [5.74, 6) is 0.0956. The van der Waals surface area contributed by atoms with Gasteiger partial charge < -0.3 is 15.8 Å². The van der Waals surface area contributed by atoms with Gasteiger partial charge in [0.1, 0.15) is 0 Å². The first-order valence-corrected chi connectivity index (χ1v) is 5.59. The number of ether oxygens (including phenoxy) is 1. The summed E-state index contributed by atoms with van der Waals surface area (Å²) in [5, 5.41) is 2.87. The minimum atomic E-state index is -0.418. The molecule has 1 aliphatic carbocycles. The molecule has 0 saturated heterocycles. The summed E-state index contributed by atoms with van der Waals surface area (Å²) < 4.78 is 5.41. The SMILES string of the molecule is COC1(CNC(=O)C(N)C(C)C)CCC1. The largest absolute Gasteiger partial charge is 0.376 e. The molecule has 4 heteroatoms. The fourth-order valence-electron chi connectivity index (χ4n) is 1.69. The molecule has 0 aromatic heterocycles. The lowest BCUT2D eigenvalue weighted by atomic mass is 9.80. The molecule has 1 unspecified atom stereocenters. The minimum Gasteiger partial charge on any atom is -0.376 e. The van der Waals surface area contributed by atoms with Crippen LogP contribution in [0.5, 0.6) is 0 Å². The highest BCUT2D eigenvalue weighted by Crippen LogP contribution is 2.34. The molecule has 1 saturated carbocycles. The Morgan fingerprint density at radius 1 is 1.53 bits per heavy atom. The van der Waals surface area contributed by atoms with Crippen molar-refractivity contribution in [3.8, 4) is 0 Å². The summed E-state index contributed by atoms with van der Waals surface area (Å²) in [5.41, 5.74) is 5.62. The second kappa shape index (κ2) is 4.94. The third kappa shape index (κ3) is 2.92. The van der Waals surface area contributed by atoms with Crippen LogP contribution in [0.1, 0.15) is 33.1 Å². The van der Waals surface area contributed by atoms with E-state index in [9.17, 15) is 4.79 Å². The number of rotatable bonds is 5. The average molecular weight is 214 g/mol. The maximum atomic E-state index is 11.6. The number of nitrogens with one attached hydrogen (secondary N) is 1. The normalized spacial score (nSPS) is 20.9. The van der Waals surface area contributed by atoms with Crippen molar-refractivity contribution >= 4 is 5.91 Å². The Labute approximate surface area is 91.5 Å². The van der Waals surface area contributed by atoms with Crippen molar-refractivity contribution < 1.29 is 9.53 Å². The molecular formula is C11H22N2O2. The molecule has 0 bridgehead atoms. The van der Waals surface area contributed by atoms with Crippen molar-refractivity contribution in [3.05, 3.63) is 0 Å². The second-order valence-corrected chi connectivity index (χ2v) is 4.73. The number of hydrogen-bond acceptors (Lipinski definition) is 3. The van der Waals surface area contributed by atoms with E-state index >= 15 is 0 Å². The Morgan fingerprint density at radius 2 is 2.13 bits per heavy atom. The van der Waals surface area contributed by atoms with Crippen LogP contribution in [-0.4, -0.2) is 31.2 Å². The van der Waals surface area contributed by atoms with Crippen LogP contribution in [0, 0.1) is 5.92 Å². The van der Waals surface area contributed by atoms with Crippen LogP contribution in [0.4, 0.5) is 0 Å².